The van der Waals surface area contributed by atoms with Crippen LogP contribution < -0.4 is 5.32 Å². The molecule has 0 saturated heterocycles. The van der Waals surface area contributed by atoms with Crippen LogP contribution in [-0.4, -0.2) is 25.3 Å². The Hall–Kier alpha value is -0.860. The Kier molecular flexibility index (Phi) is 4.50. The number of aliphatic hydroxyl groups is 1. The molecule has 1 aromatic carbocycles. The van der Waals surface area contributed by atoms with E-state index < -0.39 is 0 Å². The van der Waals surface area contributed by atoms with Gasteiger partial charge in [0.2, 0.25) is 0 Å². The summed E-state index contributed by atoms with van der Waals surface area (Å²) >= 11 is 0. The topological polar surface area (TPSA) is 32.3 Å². The highest BCUT2D eigenvalue weighted by molar-refractivity contribution is 5.15. The average molecular weight is 179 g/mol. The summed E-state index contributed by atoms with van der Waals surface area (Å²) in [6.45, 7) is 1.11. The molecular weight excluding hydrogens is 162 g/mol. The molecule has 2 nitrogen and oxygen atoms in total. The highest BCUT2D eigenvalue weighted by Gasteiger charge is 2.06. The molecule has 0 aliphatic rings. The van der Waals surface area contributed by atoms with Gasteiger partial charge in [-0.2, -0.15) is 0 Å². The van der Waals surface area contributed by atoms with Gasteiger partial charge in [0, 0.05) is 13.2 Å². The third-order valence-corrected chi connectivity index (χ3v) is 2.12. The van der Waals surface area contributed by atoms with Crippen molar-refractivity contribution in [3.8, 4) is 0 Å². The fourth-order valence-electron chi connectivity index (χ4n) is 1.44. The Bertz CT molecular complexity index is 223. The molecule has 1 aromatic rings. The van der Waals surface area contributed by atoms with Crippen LogP contribution in [0.15, 0.2) is 30.3 Å². The Balaban J connectivity index is 2.46. The molecule has 13 heavy (non-hydrogen) atoms. The molecule has 1 unspecified atom stereocenters. The SMILES string of the molecule is CNCC(CO)Cc1ccccc1. The molecule has 0 saturated carbocycles. The second-order valence-electron chi connectivity index (χ2n) is 3.30. The van der Waals surface area contributed by atoms with Gasteiger partial charge in [-0.25, -0.2) is 0 Å². The largest absolute Gasteiger partial charge is 0.396 e. The number of aliphatic hydroxyl groups excluding tert-OH is 1. The quantitative estimate of drug-likeness (QED) is 0.708. The standard InChI is InChI=1S/C11H17NO/c1-12-8-11(9-13)7-10-5-3-2-4-6-10/h2-6,11-13H,7-9H2,1H3. The van der Waals surface area contributed by atoms with Crippen LogP contribution in [0.1, 0.15) is 5.56 Å². The monoisotopic (exact) mass is 179 g/mol. The van der Waals surface area contributed by atoms with E-state index in [-0.39, 0.29) is 6.61 Å². The van der Waals surface area contributed by atoms with E-state index in [1.807, 2.05) is 25.2 Å². The van der Waals surface area contributed by atoms with Crippen LogP contribution >= 0.6 is 0 Å². The Morgan fingerprint density at radius 3 is 2.54 bits per heavy atom. The minimum Gasteiger partial charge on any atom is -0.396 e. The van der Waals surface area contributed by atoms with Crippen LogP contribution in [0.2, 0.25) is 0 Å². The van der Waals surface area contributed by atoms with Crippen LogP contribution in [0, 0.1) is 5.92 Å². The van der Waals surface area contributed by atoms with E-state index in [1.54, 1.807) is 0 Å². The summed E-state index contributed by atoms with van der Waals surface area (Å²) in [7, 11) is 1.91. The zero-order chi connectivity index (χ0) is 9.52. The minimum atomic E-state index is 0.246. The minimum absolute atomic E-state index is 0.246. The van der Waals surface area contributed by atoms with E-state index in [2.05, 4.69) is 17.4 Å². The number of hydrogen-bond acceptors (Lipinski definition) is 2. The first-order valence-corrected chi connectivity index (χ1v) is 4.66. The fraction of sp³-hybridized carbons (Fsp3) is 0.455. The molecular formula is C11H17NO. The molecule has 1 atom stereocenters. The molecule has 0 radical (unpaired) electrons. The van der Waals surface area contributed by atoms with Crippen molar-refractivity contribution in [3.05, 3.63) is 35.9 Å². The molecule has 0 aliphatic heterocycles. The van der Waals surface area contributed by atoms with Gasteiger partial charge in [0.05, 0.1) is 0 Å². The van der Waals surface area contributed by atoms with Gasteiger partial charge in [0.25, 0.3) is 0 Å². The summed E-state index contributed by atoms with van der Waals surface area (Å²) in [4.78, 5) is 0. The Morgan fingerprint density at radius 2 is 2.00 bits per heavy atom. The lowest BCUT2D eigenvalue weighted by atomic mass is 10.0. The van der Waals surface area contributed by atoms with Gasteiger partial charge in [0.1, 0.15) is 0 Å². The Morgan fingerprint density at radius 1 is 1.31 bits per heavy atom. The molecule has 72 valence electrons. The number of benzene rings is 1. The van der Waals surface area contributed by atoms with E-state index in [0.29, 0.717) is 5.92 Å². The lowest BCUT2D eigenvalue weighted by molar-refractivity contribution is 0.224. The van der Waals surface area contributed by atoms with Crippen molar-refractivity contribution in [2.75, 3.05) is 20.2 Å². The van der Waals surface area contributed by atoms with Crippen molar-refractivity contribution in [2.45, 2.75) is 6.42 Å². The second kappa shape index (κ2) is 5.73. The van der Waals surface area contributed by atoms with Gasteiger partial charge in [-0.15, -0.1) is 0 Å². The number of hydrogen-bond donors (Lipinski definition) is 2. The third kappa shape index (κ3) is 3.57. The van der Waals surface area contributed by atoms with Crippen molar-refractivity contribution >= 4 is 0 Å². The molecule has 2 N–H and O–H groups in total. The molecule has 0 spiro atoms. The zero-order valence-corrected chi connectivity index (χ0v) is 8.03. The number of rotatable bonds is 5. The predicted octanol–water partition coefficient (Wildman–Crippen LogP) is 1.06. The van der Waals surface area contributed by atoms with Gasteiger partial charge in [0.15, 0.2) is 0 Å². The molecule has 0 aliphatic carbocycles. The normalized spacial score (nSPS) is 12.8. The van der Waals surface area contributed by atoms with Crippen LogP contribution in [0.3, 0.4) is 0 Å². The lowest BCUT2D eigenvalue weighted by Crippen LogP contribution is -2.23. The third-order valence-electron chi connectivity index (χ3n) is 2.12. The maximum atomic E-state index is 9.08. The highest BCUT2D eigenvalue weighted by atomic mass is 16.3. The summed E-state index contributed by atoms with van der Waals surface area (Å²) in [5, 5.41) is 12.2. The molecule has 2 heteroatoms. The summed E-state index contributed by atoms with van der Waals surface area (Å²) in [5.41, 5.74) is 1.29. The van der Waals surface area contributed by atoms with Gasteiger partial charge in [-0.05, 0) is 24.9 Å². The van der Waals surface area contributed by atoms with Crippen molar-refractivity contribution in [2.24, 2.45) is 5.92 Å². The summed E-state index contributed by atoms with van der Waals surface area (Å²) in [6, 6.07) is 10.3. The fourth-order valence-corrected chi connectivity index (χ4v) is 1.44. The van der Waals surface area contributed by atoms with Gasteiger partial charge < -0.3 is 10.4 Å². The van der Waals surface area contributed by atoms with Gasteiger partial charge in [-0.1, -0.05) is 30.3 Å². The first kappa shape index (κ1) is 10.2. The van der Waals surface area contributed by atoms with Gasteiger partial charge in [-0.3, -0.25) is 0 Å². The predicted molar refractivity (Wildman–Crippen MR) is 54.6 cm³/mol. The van der Waals surface area contributed by atoms with Crippen molar-refractivity contribution in [1.82, 2.24) is 5.32 Å². The molecule has 1 rings (SSSR count). The van der Waals surface area contributed by atoms with E-state index in [9.17, 15) is 0 Å². The zero-order valence-electron chi connectivity index (χ0n) is 8.03. The first-order valence-electron chi connectivity index (χ1n) is 4.66. The maximum absolute atomic E-state index is 9.08. The van der Waals surface area contributed by atoms with Crippen LogP contribution in [-0.2, 0) is 6.42 Å². The highest BCUT2D eigenvalue weighted by Crippen LogP contribution is 2.07. The second-order valence-corrected chi connectivity index (χ2v) is 3.30. The van der Waals surface area contributed by atoms with E-state index in [4.69, 9.17) is 5.11 Å². The summed E-state index contributed by atoms with van der Waals surface area (Å²) < 4.78 is 0. The van der Waals surface area contributed by atoms with Crippen molar-refractivity contribution < 1.29 is 5.11 Å². The van der Waals surface area contributed by atoms with Crippen LogP contribution in [0.5, 0.6) is 0 Å². The van der Waals surface area contributed by atoms with Crippen LogP contribution in [0.25, 0.3) is 0 Å². The molecule has 0 fully saturated rings. The molecule has 0 aromatic heterocycles. The molecule has 0 amide bonds. The molecule has 0 heterocycles. The number of nitrogens with one attached hydrogen (secondary N) is 1. The van der Waals surface area contributed by atoms with Gasteiger partial charge >= 0.3 is 0 Å². The van der Waals surface area contributed by atoms with E-state index in [1.165, 1.54) is 5.56 Å². The Labute approximate surface area is 79.6 Å². The van der Waals surface area contributed by atoms with E-state index in [0.717, 1.165) is 13.0 Å². The smallest absolute Gasteiger partial charge is 0.0474 e. The van der Waals surface area contributed by atoms with Crippen molar-refractivity contribution in [1.29, 1.82) is 0 Å². The average Bonchev–Trinajstić information content (AvgIpc) is 2.19. The lowest BCUT2D eigenvalue weighted by Gasteiger charge is -2.12. The summed E-state index contributed by atoms with van der Waals surface area (Å²) in [5.74, 6) is 0.326. The summed E-state index contributed by atoms with van der Waals surface area (Å²) in [6.07, 6.45) is 0.943. The maximum Gasteiger partial charge on any atom is 0.0474 e. The first-order chi connectivity index (χ1) is 6.36. The molecule has 0 bridgehead atoms. The van der Waals surface area contributed by atoms with E-state index >= 15 is 0 Å². The van der Waals surface area contributed by atoms with Crippen molar-refractivity contribution in [3.63, 3.8) is 0 Å². The van der Waals surface area contributed by atoms with Crippen LogP contribution in [0.4, 0.5) is 0 Å².